The molecule has 1 fully saturated rings. The van der Waals surface area contributed by atoms with Crippen LogP contribution >= 0.6 is 12.4 Å². The van der Waals surface area contributed by atoms with Crippen LogP contribution in [0.1, 0.15) is 43.1 Å². The lowest BCUT2D eigenvalue weighted by molar-refractivity contribution is -0.147. The van der Waals surface area contributed by atoms with E-state index in [-0.39, 0.29) is 24.4 Å². The van der Waals surface area contributed by atoms with Crippen LogP contribution in [0.15, 0.2) is 34.9 Å². The zero-order valence-electron chi connectivity index (χ0n) is 15.0. The number of ether oxygens (including phenoxy) is 1. The molecule has 1 aliphatic rings. The van der Waals surface area contributed by atoms with Crippen LogP contribution in [0.25, 0.3) is 0 Å². The van der Waals surface area contributed by atoms with Crippen molar-refractivity contribution in [2.45, 2.75) is 37.8 Å². The van der Waals surface area contributed by atoms with Crippen LogP contribution in [0.2, 0.25) is 0 Å². The summed E-state index contributed by atoms with van der Waals surface area (Å²) in [6.07, 6.45) is 1.86. The number of nitrogens with one attached hydrogen (secondary N) is 2. The van der Waals surface area contributed by atoms with Gasteiger partial charge < -0.3 is 19.9 Å². The molecule has 142 valence electrons. The third kappa shape index (κ3) is 4.60. The van der Waals surface area contributed by atoms with Crippen LogP contribution < -0.4 is 10.6 Å². The number of amides is 1. The van der Waals surface area contributed by atoms with Gasteiger partial charge in [-0.05, 0) is 38.4 Å². The maximum absolute atomic E-state index is 12.7. The van der Waals surface area contributed by atoms with Crippen molar-refractivity contribution < 1.29 is 14.1 Å². The van der Waals surface area contributed by atoms with Crippen molar-refractivity contribution in [1.29, 1.82) is 0 Å². The number of carbonyl (C=O) groups is 1. The first-order valence-electron chi connectivity index (χ1n) is 8.56. The summed E-state index contributed by atoms with van der Waals surface area (Å²) in [4.78, 5) is 17.1. The maximum Gasteiger partial charge on any atom is 0.252 e. The van der Waals surface area contributed by atoms with E-state index in [0.29, 0.717) is 31.0 Å². The van der Waals surface area contributed by atoms with Crippen LogP contribution in [0.4, 0.5) is 0 Å². The Hall–Kier alpha value is -1.96. The number of rotatable bonds is 6. The molecule has 1 aromatic carbocycles. The minimum absolute atomic E-state index is 0. The third-order valence-corrected chi connectivity index (χ3v) is 4.63. The van der Waals surface area contributed by atoms with E-state index < -0.39 is 5.60 Å². The van der Waals surface area contributed by atoms with E-state index in [0.717, 1.165) is 18.7 Å². The van der Waals surface area contributed by atoms with Gasteiger partial charge in [0.25, 0.3) is 5.91 Å². The predicted octanol–water partition coefficient (Wildman–Crippen LogP) is 2.03. The molecule has 0 spiro atoms. The van der Waals surface area contributed by atoms with Gasteiger partial charge in [0.1, 0.15) is 5.60 Å². The van der Waals surface area contributed by atoms with Gasteiger partial charge in [-0.25, -0.2) is 0 Å². The molecule has 26 heavy (non-hydrogen) atoms. The zero-order valence-corrected chi connectivity index (χ0v) is 15.8. The fourth-order valence-corrected chi connectivity index (χ4v) is 3.03. The molecular weight excluding hydrogens is 356 g/mol. The number of halogens is 1. The molecule has 2 aromatic rings. The number of nitrogens with zero attached hydrogens (tertiary/aromatic N) is 2. The monoisotopic (exact) mass is 380 g/mol. The molecule has 1 atom stereocenters. The minimum atomic E-state index is -0.782. The normalized spacial score (nSPS) is 17.2. The number of benzene rings is 1. The number of hydrogen-bond donors (Lipinski definition) is 2. The first-order valence-corrected chi connectivity index (χ1v) is 8.56. The summed E-state index contributed by atoms with van der Waals surface area (Å²) in [5.41, 5.74) is 0.318. The summed E-state index contributed by atoms with van der Waals surface area (Å²) in [7, 11) is 1.59. The average molecular weight is 381 g/mol. The second-order valence-corrected chi connectivity index (χ2v) is 6.35. The number of carbonyl (C=O) groups excluding carboxylic acids is 1. The number of methoxy groups -OCH3 is 1. The van der Waals surface area contributed by atoms with E-state index in [9.17, 15) is 4.79 Å². The zero-order chi connectivity index (χ0) is 17.7. The van der Waals surface area contributed by atoms with Gasteiger partial charge in [0, 0.05) is 7.11 Å². The molecule has 0 radical (unpaired) electrons. The molecule has 0 bridgehead atoms. The lowest BCUT2D eigenvalue weighted by atomic mass is 9.91. The highest BCUT2D eigenvalue weighted by Crippen LogP contribution is 2.24. The van der Waals surface area contributed by atoms with Crippen LogP contribution in [0.5, 0.6) is 0 Å². The van der Waals surface area contributed by atoms with Crippen LogP contribution in [0, 0.1) is 0 Å². The minimum Gasteiger partial charge on any atom is -0.368 e. The van der Waals surface area contributed by atoms with Gasteiger partial charge in [0.2, 0.25) is 5.89 Å². The molecule has 1 saturated heterocycles. The molecule has 1 unspecified atom stereocenters. The van der Waals surface area contributed by atoms with Crippen molar-refractivity contribution in [2.24, 2.45) is 0 Å². The van der Waals surface area contributed by atoms with E-state index in [2.05, 4.69) is 20.8 Å². The van der Waals surface area contributed by atoms with Crippen LogP contribution in [-0.4, -0.2) is 41.8 Å². The second-order valence-electron chi connectivity index (χ2n) is 6.35. The average Bonchev–Trinajstić information content (AvgIpc) is 3.11. The Morgan fingerprint density at radius 3 is 2.69 bits per heavy atom. The SMILES string of the molecule is COC1(C(=O)NC(C)c2noc(Cc3ccccc3)n2)CCNCC1.Cl. The van der Waals surface area contributed by atoms with Crippen molar-refractivity contribution in [1.82, 2.24) is 20.8 Å². The van der Waals surface area contributed by atoms with E-state index in [4.69, 9.17) is 9.26 Å². The van der Waals surface area contributed by atoms with Gasteiger partial charge in [-0.15, -0.1) is 12.4 Å². The number of aromatic nitrogens is 2. The van der Waals surface area contributed by atoms with Gasteiger partial charge in [0.05, 0.1) is 12.5 Å². The largest absolute Gasteiger partial charge is 0.368 e. The molecule has 8 heteroatoms. The fourth-order valence-electron chi connectivity index (χ4n) is 3.03. The van der Waals surface area contributed by atoms with Gasteiger partial charge in [-0.3, -0.25) is 4.79 Å². The van der Waals surface area contributed by atoms with Crippen molar-refractivity contribution in [3.05, 3.63) is 47.6 Å². The van der Waals surface area contributed by atoms with E-state index >= 15 is 0 Å². The lowest BCUT2D eigenvalue weighted by Gasteiger charge is -2.35. The molecular formula is C18H25ClN4O3. The lowest BCUT2D eigenvalue weighted by Crippen LogP contribution is -2.54. The smallest absolute Gasteiger partial charge is 0.252 e. The molecule has 7 nitrogen and oxygen atoms in total. The van der Waals surface area contributed by atoms with Gasteiger partial charge in [0.15, 0.2) is 5.82 Å². The Bertz CT molecular complexity index is 701. The molecule has 1 aromatic heterocycles. The quantitative estimate of drug-likeness (QED) is 0.797. The highest BCUT2D eigenvalue weighted by molar-refractivity contribution is 5.86. The highest BCUT2D eigenvalue weighted by atomic mass is 35.5. The van der Waals surface area contributed by atoms with Crippen molar-refractivity contribution in [3.63, 3.8) is 0 Å². The molecule has 2 heterocycles. The Balaban J connectivity index is 0.00000243. The van der Waals surface area contributed by atoms with Crippen molar-refractivity contribution in [2.75, 3.05) is 20.2 Å². The van der Waals surface area contributed by atoms with E-state index in [1.165, 1.54) is 0 Å². The molecule has 1 amide bonds. The summed E-state index contributed by atoms with van der Waals surface area (Å²) in [6, 6.07) is 9.58. The van der Waals surface area contributed by atoms with Crippen molar-refractivity contribution in [3.8, 4) is 0 Å². The third-order valence-electron chi connectivity index (χ3n) is 4.63. The Morgan fingerprint density at radius 1 is 1.35 bits per heavy atom. The topological polar surface area (TPSA) is 89.3 Å². The summed E-state index contributed by atoms with van der Waals surface area (Å²) in [6.45, 7) is 3.37. The van der Waals surface area contributed by atoms with Crippen molar-refractivity contribution >= 4 is 18.3 Å². The Morgan fingerprint density at radius 2 is 2.04 bits per heavy atom. The number of piperidine rings is 1. The second kappa shape index (κ2) is 9.12. The summed E-state index contributed by atoms with van der Waals surface area (Å²) < 4.78 is 10.9. The molecule has 3 rings (SSSR count). The van der Waals surface area contributed by atoms with Gasteiger partial charge >= 0.3 is 0 Å². The van der Waals surface area contributed by atoms with Gasteiger partial charge in [-0.2, -0.15) is 4.98 Å². The molecule has 1 aliphatic heterocycles. The number of hydrogen-bond acceptors (Lipinski definition) is 6. The van der Waals surface area contributed by atoms with Crippen LogP contribution in [-0.2, 0) is 16.0 Å². The van der Waals surface area contributed by atoms with E-state index in [1.54, 1.807) is 7.11 Å². The standard InChI is InChI=1S/C18H24N4O3.ClH/c1-13(20-17(23)18(24-2)8-10-19-11-9-18)16-21-15(25-22-16)12-14-6-4-3-5-7-14;/h3-7,13,19H,8-12H2,1-2H3,(H,20,23);1H. The summed E-state index contributed by atoms with van der Waals surface area (Å²) >= 11 is 0. The predicted molar refractivity (Wildman–Crippen MR) is 99.2 cm³/mol. The Kier molecular flexibility index (Phi) is 7.14. The molecule has 0 saturated carbocycles. The highest BCUT2D eigenvalue weighted by Gasteiger charge is 2.40. The first kappa shape index (κ1) is 20.4. The first-order chi connectivity index (χ1) is 12.1. The fraction of sp³-hybridized carbons (Fsp3) is 0.500. The van der Waals surface area contributed by atoms with E-state index in [1.807, 2.05) is 37.3 Å². The summed E-state index contributed by atoms with van der Waals surface area (Å²) in [5, 5.41) is 10.2. The maximum atomic E-state index is 12.7. The molecule has 2 N–H and O–H groups in total. The molecule has 0 aliphatic carbocycles. The Labute approximate surface area is 159 Å². The van der Waals surface area contributed by atoms with Gasteiger partial charge in [-0.1, -0.05) is 35.5 Å². The van der Waals surface area contributed by atoms with Crippen LogP contribution in [0.3, 0.4) is 0 Å². The summed E-state index contributed by atoms with van der Waals surface area (Å²) in [5.74, 6) is 0.878.